The Balaban J connectivity index is 0.00000225. The third-order valence-electron chi connectivity index (χ3n) is 2.62. The second-order valence-electron chi connectivity index (χ2n) is 4.11. The molecule has 0 aromatic carbocycles. The molecule has 0 aromatic heterocycles. The van der Waals surface area contributed by atoms with E-state index in [1.807, 2.05) is 6.92 Å². The molecular weight excluding hydrogens is 230 g/mol. The summed E-state index contributed by atoms with van der Waals surface area (Å²) in [6.45, 7) is 4.30. The minimum Gasteiger partial charge on any atom is -0.348 e. The van der Waals surface area contributed by atoms with Crippen molar-refractivity contribution in [2.75, 3.05) is 33.7 Å². The van der Waals surface area contributed by atoms with Crippen LogP contribution in [0.1, 0.15) is 13.3 Å². The van der Waals surface area contributed by atoms with Crippen LogP contribution in [0.3, 0.4) is 0 Å². The molecule has 1 unspecified atom stereocenters. The third kappa shape index (κ3) is 3.98. The van der Waals surface area contributed by atoms with Crippen molar-refractivity contribution in [2.45, 2.75) is 19.4 Å². The fourth-order valence-corrected chi connectivity index (χ4v) is 1.60. The molecule has 1 N–H and O–H groups in total. The number of carbonyl (C=O) groups is 2. The number of nitrogens with zero attached hydrogens (tertiary/aromatic N) is 2. The highest BCUT2D eigenvalue weighted by molar-refractivity contribution is 5.96. The van der Waals surface area contributed by atoms with E-state index in [1.54, 1.807) is 19.0 Å². The highest BCUT2D eigenvalue weighted by Gasteiger charge is 2.24. The summed E-state index contributed by atoms with van der Waals surface area (Å²) in [6.07, 6.45) is -0.0165. The van der Waals surface area contributed by atoms with Gasteiger partial charge in [0.15, 0.2) is 0 Å². The van der Waals surface area contributed by atoms with Gasteiger partial charge < -0.3 is 15.1 Å². The summed E-state index contributed by atoms with van der Waals surface area (Å²) in [7, 11) is 3.33. The minimum atomic E-state index is -0.134. The van der Waals surface area contributed by atoms with E-state index in [9.17, 15) is 9.59 Å². The smallest absolute Gasteiger partial charge is 0.232 e. The molecule has 1 atom stereocenters. The van der Waals surface area contributed by atoms with E-state index in [0.29, 0.717) is 6.54 Å². The van der Waals surface area contributed by atoms with Crippen molar-refractivity contribution in [1.82, 2.24) is 15.1 Å². The lowest BCUT2D eigenvalue weighted by Crippen LogP contribution is -2.52. The number of carbonyl (C=O) groups excluding carboxylic acids is 2. The monoisotopic (exact) mass is 249 g/mol. The SMILES string of the molecule is CC1CNCCN1C(=O)CC(=O)N(C)C.Cl. The Bertz CT molecular complexity index is 258. The summed E-state index contributed by atoms with van der Waals surface area (Å²) in [6, 6.07) is 0.182. The van der Waals surface area contributed by atoms with Crippen molar-refractivity contribution in [3.8, 4) is 0 Å². The lowest BCUT2D eigenvalue weighted by atomic mass is 10.2. The van der Waals surface area contributed by atoms with E-state index < -0.39 is 0 Å². The molecule has 0 saturated carbocycles. The number of amides is 2. The number of halogens is 1. The van der Waals surface area contributed by atoms with Crippen LogP contribution in [0, 0.1) is 0 Å². The molecule has 0 aliphatic carbocycles. The van der Waals surface area contributed by atoms with E-state index in [2.05, 4.69) is 5.32 Å². The van der Waals surface area contributed by atoms with Gasteiger partial charge in [0, 0.05) is 39.8 Å². The fraction of sp³-hybridized carbons (Fsp3) is 0.800. The molecule has 0 aromatic rings. The maximum atomic E-state index is 11.8. The van der Waals surface area contributed by atoms with Gasteiger partial charge in [-0.2, -0.15) is 0 Å². The Morgan fingerprint density at radius 2 is 2.06 bits per heavy atom. The van der Waals surface area contributed by atoms with Gasteiger partial charge in [0.25, 0.3) is 0 Å². The molecule has 1 aliphatic rings. The van der Waals surface area contributed by atoms with Crippen LogP contribution in [0.2, 0.25) is 0 Å². The maximum absolute atomic E-state index is 11.8. The molecule has 2 amide bonds. The first-order valence-electron chi connectivity index (χ1n) is 5.22. The van der Waals surface area contributed by atoms with Gasteiger partial charge in [0.2, 0.25) is 11.8 Å². The normalized spacial score (nSPS) is 19.9. The molecule has 6 heteroatoms. The Morgan fingerprint density at radius 1 is 1.44 bits per heavy atom. The zero-order valence-electron chi connectivity index (χ0n) is 10.0. The van der Waals surface area contributed by atoms with Crippen LogP contribution in [0.15, 0.2) is 0 Å². The number of hydrogen-bond acceptors (Lipinski definition) is 3. The Hall–Kier alpha value is -0.810. The molecule has 0 spiro atoms. The predicted octanol–water partition coefficient (Wildman–Crippen LogP) is -0.293. The Labute approximate surface area is 103 Å². The van der Waals surface area contributed by atoms with Crippen LogP contribution >= 0.6 is 12.4 Å². The average Bonchev–Trinajstić information content (AvgIpc) is 2.18. The second-order valence-corrected chi connectivity index (χ2v) is 4.11. The predicted molar refractivity (Wildman–Crippen MR) is 64.6 cm³/mol. The van der Waals surface area contributed by atoms with Crippen molar-refractivity contribution < 1.29 is 9.59 Å². The van der Waals surface area contributed by atoms with Gasteiger partial charge in [-0.15, -0.1) is 12.4 Å². The first-order chi connectivity index (χ1) is 7.02. The van der Waals surface area contributed by atoms with E-state index in [4.69, 9.17) is 0 Å². The van der Waals surface area contributed by atoms with Gasteiger partial charge >= 0.3 is 0 Å². The summed E-state index contributed by atoms with van der Waals surface area (Å²) in [5, 5.41) is 3.21. The number of piperazine rings is 1. The lowest BCUT2D eigenvalue weighted by Gasteiger charge is -2.34. The molecule has 0 bridgehead atoms. The molecule has 5 nitrogen and oxygen atoms in total. The van der Waals surface area contributed by atoms with Gasteiger partial charge in [0.05, 0.1) is 0 Å². The summed E-state index contributed by atoms with van der Waals surface area (Å²) < 4.78 is 0. The zero-order valence-corrected chi connectivity index (χ0v) is 10.8. The van der Waals surface area contributed by atoms with Crippen LogP contribution in [0.5, 0.6) is 0 Å². The number of rotatable bonds is 2. The maximum Gasteiger partial charge on any atom is 0.232 e. The van der Waals surface area contributed by atoms with Gasteiger partial charge in [0.1, 0.15) is 6.42 Å². The van der Waals surface area contributed by atoms with E-state index in [0.717, 1.165) is 13.1 Å². The second kappa shape index (κ2) is 6.70. The summed E-state index contributed by atoms with van der Waals surface area (Å²) >= 11 is 0. The minimum absolute atomic E-state index is 0. The molecule has 16 heavy (non-hydrogen) atoms. The van der Waals surface area contributed by atoms with E-state index in [1.165, 1.54) is 4.90 Å². The Morgan fingerprint density at radius 3 is 2.56 bits per heavy atom. The third-order valence-corrected chi connectivity index (χ3v) is 2.62. The van der Waals surface area contributed by atoms with Crippen LogP contribution in [-0.4, -0.2) is 61.4 Å². The summed E-state index contributed by atoms with van der Waals surface area (Å²) in [4.78, 5) is 26.4. The van der Waals surface area contributed by atoms with Crippen molar-refractivity contribution in [1.29, 1.82) is 0 Å². The van der Waals surface area contributed by atoms with E-state index >= 15 is 0 Å². The molecule has 1 rings (SSSR count). The zero-order chi connectivity index (χ0) is 11.4. The van der Waals surface area contributed by atoms with Crippen LogP contribution in [-0.2, 0) is 9.59 Å². The number of hydrogen-bond donors (Lipinski definition) is 1. The van der Waals surface area contributed by atoms with Gasteiger partial charge in [-0.05, 0) is 6.92 Å². The molecular formula is C10H20ClN3O2. The largest absolute Gasteiger partial charge is 0.348 e. The first-order valence-corrected chi connectivity index (χ1v) is 5.22. The molecule has 0 radical (unpaired) electrons. The van der Waals surface area contributed by atoms with Crippen LogP contribution in [0.4, 0.5) is 0 Å². The molecule has 94 valence electrons. The topological polar surface area (TPSA) is 52.7 Å². The molecule has 1 heterocycles. The average molecular weight is 250 g/mol. The summed E-state index contributed by atoms with van der Waals surface area (Å²) in [5.41, 5.74) is 0. The van der Waals surface area contributed by atoms with Gasteiger partial charge in [-0.25, -0.2) is 0 Å². The molecule has 1 aliphatic heterocycles. The number of nitrogens with one attached hydrogen (secondary N) is 1. The highest BCUT2D eigenvalue weighted by atomic mass is 35.5. The van der Waals surface area contributed by atoms with Crippen molar-refractivity contribution >= 4 is 24.2 Å². The summed E-state index contributed by atoms with van der Waals surface area (Å²) in [5.74, 6) is -0.201. The van der Waals surface area contributed by atoms with Crippen LogP contribution < -0.4 is 5.32 Å². The van der Waals surface area contributed by atoms with E-state index in [-0.39, 0.29) is 36.7 Å². The van der Waals surface area contributed by atoms with Gasteiger partial charge in [-0.3, -0.25) is 9.59 Å². The van der Waals surface area contributed by atoms with Crippen molar-refractivity contribution in [3.63, 3.8) is 0 Å². The van der Waals surface area contributed by atoms with Crippen molar-refractivity contribution in [3.05, 3.63) is 0 Å². The van der Waals surface area contributed by atoms with Crippen molar-refractivity contribution in [2.24, 2.45) is 0 Å². The quantitative estimate of drug-likeness (QED) is 0.685. The fourth-order valence-electron chi connectivity index (χ4n) is 1.60. The molecule has 1 saturated heterocycles. The standard InChI is InChI=1S/C10H19N3O2.ClH/c1-8-7-11-4-5-13(8)10(15)6-9(14)12(2)3;/h8,11H,4-7H2,1-3H3;1H. The lowest BCUT2D eigenvalue weighted by molar-refractivity contribution is -0.141. The highest BCUT2D eigenvalue weighted by Crippen LogP contribution is 2.05. The molecule has 1 fully saturated rings. The van der Waals surface area contributed by atoms with Gasteiger partial charge in [-0.1, -0.05) is 0 Å². The Kier molecular flexibility index (Phi) is 6.36. The first kappa shape index (κ1) is 15.2. The van der Waals surface area contributed by atoms with Crippen LogP contribution in [0.25, 0.3) is 0 Å².